The fourth-order valence-corrected chi connectivity index (χ4v) is 4.25. The molecule has 1 fully saturated rings. The summed E-state index contributed by atoms with van der Waals surface area (Å²) in [4.78, 5) is 27.3. The Morgan fingerprint density at radius 1 is 1.19 bits per heavy atom. The van der Waals surface area contributed by atoms with Gasteiger partial charge in [-0.05, 0) is 24.3 Å². The Kier molecular flexibility index (Phi) is 6.04. The molecule has 1 saturated heterocycles. The summed E-state index contributed by atoms with van der Waals surface area (Å²) in [6.07, 6.45) is 0. The summed E-state index contributed by atoms with van der Waals surface area (Å²) in [7, 11) is 0. The van der Waals surface area contributed by atoms with Crippen LogP contribution in [0, 0.1) is 5.82 Å². The van der Waals surface area contributed by atoms with Crippen LogP contribution in [0.5, 0.6) is 0 Å². The Balaban J connectivity index is 1.45. The van der Waals surface area contributed by atoms with E-state index < -0.39 is 0 Å². The van der Waals surface area contributed by atoms with Gasteiger partial charge in [0.25, 0.3) is 0 Å². The van der Waals surface area contributed by atoms with Crippen molar-refractivity contribution < 1.29 is 14.0 Å². The normalized spacial score (nSPS) is 14.4. The monoisotopic (exact) mass is 395 g/mol. The number of rotatable bonds is 5. The number of aromatic nitrogens is 2. The van der Waals surface area contributed by atoms with Gasteiger partial charge in [-0.1, -0.05) is 23.1 Å². The van der Waals surface area contributed by atoms with Gasteiger partial charge in [0.2, 0.25) is 16.9 Å². The zero-order valence-electron chi connectivity index (χ0n) is 14.1. The average Bonchev–Trinajstić information content (AvgIpc) is 3.07. The smallest absolute Gasteiger partial charge is 0.233 e. The van der Waals surface area contributed by atoms with Crippen molar-refractivity contribution in [2.24, 2.45) is 0 Å². The molecule has 0 bridgehead atoms. The SMILES string of the molecule is CC(=O)Nc1nnc(SCC(=O)N2CCN(c3ccc(F)cc3)CC2)s1. The Morgan fingerprint density at radius 3 is 2.54 bits per heavy atom. The first kappa shape index (κ1) is 18.6. The third kappa shape index (κ3) is 4.92. The molecule has 1 aromatic carbocycles. The van der Waals surface area contributed by atoms with Gasteiger partial charge in [-0.2, -0.15) is 0 Å². The number of piperazine rings is 1. The zero-order valence-corrected chi connectivity index (χ0v) is 15.8. The summed E-state index contributed by atoms with van der Waals surface area (Å²) < 4.78 is 13.7. The molecule has 0 saturated carbocycles. The van der Waals surface area contributed by atoms with Gasteiger partial charge in [0.1, 0.15) is 5.82 Å². The number of thioether (sulfide) groups is 1. The minimum atomic E-state index is -0.252. The van der Waals surface area contributed by atoms with Crippen LogP contribution >= 0.6 is 23.1 Å². The van der Waals surface area contributed by atoms with Crippen molar-refractivity contribution in [1.82, 2.24) is 15.1 Å². The van der Waals surface area contributed by atoms with Crippen molar-refractivity contribution in [3.8, 4) is 0 Å². The largest absolute Gasteiger partial charge is 0.368 e. The summed E-state index contributed by atoms with van der Waals surface area (Å²) in [6, 6.07) is 6.40. The molecular weight excluding hydrogens is 377 g/mol. The summed E-state index contributed by atoms with van der Waals surface area (Å²) in [5.74, 6) is -0.124. The molecule has 3 rings (SSSR count). The Bertz CT molecular complexity index is 775. The minimum absolute atomic E-state index is 0.0463. The standard InChI is InChI=1S/C16H18FN5O2S2/c1-11(23)18-15-19-20-16(26-15)25-10-14(24)22-8-6-21(7-9-22)13-4-2-12(17)3-5-13/h2-5H,6-10H2,1H3,(H,18,19,23). The maximum Gasteiger partial charge on any atom is 0.233 e. The molecule has 0 atom stereocenters. The van der Waals surface area contributed by atoms with Gasteiger partial charge in [-0.25, -0.2) is 4.39 Å². The summed E-state index contributed by atoms with van der Waals surface area (Å²) in [5, 5.41) is 10.8. The lowest BCUT2D eigenvalue weighted by molar-refractivity contribution is -0.128. The molecule has 2 aromatic rings. The molecule has 7 nitrogen and oxygen atoms in total. The summed E-state index contributed by atoms with van der Waals surface area (Å²) >= 11 is 2.56. The van der Waals surface area contributed by atoms with E-state index in [2.05, 4.69) is 20.4 Å². The van der Waals surface area contributed by atoms with Gasteiger partial charge in [0, 0.05) is 38.8 Å². The van der Waals surface area contributed by atoms with Crippen LogP contribution in [-0.2, 0) is 9.59 Å². The first-order chi connectivity index (χ1) is 12.5. The van der Waals surface area contributed by atoms with E-state index in [9.17, 15) is 14.0 Å². The lowest BCUT2D eigenvalue weighted by atomic mass is 10.2. The zero-order chi connectivity index (χ0) is 18.5. The van der Waals surface area contributed by atoms with Crippen LogP contribution in [0.2, 0.25) is 0 Å². The number of hydrogen-bond donors (Lipinski definition) is 1. The van der Waals surface area contributed by atoms with E-state index in [1.807, 2.05) is 4.90 Å². The number of amides is 2. The number of halogens is 1. The van der Waals surface area contributed by atoms with E-state index in [0.717, 1.165) is 5.69 Å². The maximum absolute atomic E-state index is 13.0. The molecule has 138 valence electrons. The van der Waals surface area contributed by atoms with E-state index in [-0.39, 0.29) is 23.4 Å². The second-order valence-electron chi connectivity index (χ2n) is 5.69. The second-order valence-corrected chi connectivity index (χ2v) is 7.89. The van der Waals surface area contributed by atoms with E-state index in [4.69, 9.17) is 0 Å². The lowest BCUT2D eigenvalue weighted by Crippen LogP contribution is -2.49. The number of carbonyl (C=O) groups is 2. The van der Waals surface area contributed by atoms with Gasteiger partial charge >= 0.3 is 0 Å². The number of nitrogens with one attached hydrogen (secondary N) is 1. The van der Waals surface area contributed by atoms with Crippen LogP contribution in [0.15, 0.2) is 28.6 Å². The highest BCUT2D eigenvalue weighted by Gasteiger charge is 2.21. The Morgan fingerprint density at radius 2 is 1.88 bits per heavy atom. The number of carbonyl (C=O) groups excluding carboxylic acids is 2. The molecule has 0 spiro atoms. The van der Waals surface area contributed by atoms with Crippen LogP contribution < -0.4 is 10.2 Å². The van der Waals surface area contributed by atoms with Crippen LogP contribution in [0.25, 0.3) is 0 Å². The summed E-state index contributed by atoms with van der Waals surface area (Å²) in [5.41, 5.74) is 0.965. The molecule has 1 aromatic heterocycles. The van der Waals surface area contributed by atoms with Gasteiger partial charge in [0.05, 0.1) is 5.75 Å². The highest BCUT2D eigenvalue weighted by molar-refractivity contribution is 8.01. The van der Waals surface area contributed by atoms with Crippen molar-refractivity contribution >= 4 is 45.7 Å². The van der Waals surface area contributed by atoms with Crippen molar-refractivity contribution in [3.63, 3.8) is 0 Å². The Hall–Kier alpha value is -2.20. The first-order valence-corrected chi connectivity index (χ1v) is 9.83. The molecule has 0 radical (unpaired) electrons. The molecular formula is C16H18FN5O2S2. The fraction of sp³-hybridized carbons (Fsp3) is 0.375. The minimum Gasteiger partial charge on any atom is -0.368 e. The maximum atomic E-state index is 13.0. The van der Waals surface area contributed by atoms with Gasteiger partial charge in [-0.15, -0.1) is 10.2 Å². The van der Waals surface area contributed by atoms with Crippen molar-refractivity contribution in [2.75, 3.05) is 42.1 Å². The second kappa shape index (κ2) is 8.45. The predicted molar refractivity (Wildman–Crippen MR) is 100 cm³/mol. The Labute approximate surface area is 158 Å². The fourth-order valence-electron chi connectivity index (χ4n) is 2.55. The number of hydrogen-bond acceptors (Lipinski definition) is 7. The van der Waals surface area contributed by atoms with Crippen molar-refractivity contribution in [1.29, 1.82) is 0 Å². The third-order valence-corrected chi connectivity index (χ3v) is 5.79. The average molecular weight is 395 g/mol. The van der Waals surface area contributed by atoms with Crippen LogP contribution in [0.4, 0.5) is 15.2 Å². The quantitative estimate of drug-likeness (QED) is 0.617. The molecule has 1 aliphatic heterocycles. The van der Waals surface area contributed by atoms with Gasteiger partial charge in [-0.3, -0.25) is 9.59 Å². The van der Waals surface area contributed by atoms with E-state index >= 15 is 0 Å². The molecule has 1 aliphatic rings. The molecule has 1 N–H and O–H groups in total. The molecule has 26 heavy (non-hydrogen) atoms. The van der Waals surface area contributed by atoms with Crippen molar-refractivity contribution in [2.45, 2.75) is 11.3 Å². The summed E-state index contributed by atoms with van der Waals surface area (Å²) in [6.45, 7) is 4.10. The van der Waals surface area contributed by atoms with Crippen LogP contribution in [0.3, 0.4) is 0 Å². The molecule has 2 heterocycles. The van der Waals surface area contributed by atoms with Crippen LogP contribution in [-0.4, -0.2) is 58.8 Å². The lowest BCUT2D eigenvalue weighted by Gasteiger charge is -2.36. The van der Waals surface area contributed by atoms with Crippen molar-refractivity contribution in [3.05, 3.63) is 30.1 Å². The van der Waals surface area contributed by atoms with Gasteiger partial charge in [0.15, 0.2) is 4.34 Å². The first-order valence-electron chi connectivity index (χ1n) is 8.03. The van der Waals surface area contributed by atoms with E-state index in [0.29, 0.717) is 35.7 Å². The highest BCUT2D eigenvalue weighted by atomic mass is 32.2. The van der Waals surface area contributed by atoms with E-state index in [1.165, 1.54) is 42.2 Å². The topological polar surface area (TPSA) is 78.4 Å². The molecule has 2 amide bonds. The van der Waals surface area contributed by atoms with Crippen LogP contribution in [0.1, 0.15) is 6.92 Å². The number of nitrogens with zero attached hydrogens (tertiary/aromatic N) is 4. The molecule has 0 unspecified atom stereocenters. The number of anilines is 2. The van der Waals surface area contributed by atoms with E-state index in [1.54, 1.807) is 12.1 Å². The number of benzene rings is 1. The molecule has 10 heteroatoms. The molecule has 0 aliphatic carbocycles. The van der Waals surface area contributed by atoms with Gasteiger partial charge < -0.3 is 15.1 Å². The third-order valence-electron chi connectivity index (χ3n) is 3.83. The predicted octanol–water partition coefficient (Wildman–Crippen LogP) is 2.08. The highest BCUT2D eigenvalue weighted by Crippen LogP contribution is 2.26.